The summed E-state index contributed by atoms with van der Waals surface area (Å²) in [7, 11) is 1.71. The maximum atomic E-state index is 12.2. The van der Waals surface area contributed by atoms with Gasteiger partial charge in [-0.2, -0.15) is 0 Å². The predicted molar refractivity (Wildman–Crippen MR) is 94.5 cm³/mol. The van der Waals surface area contributed by atoms with Gasteiger partial charge in [-0.15, -0.1) is 10.6 Å². The van der Waals surface area contributed by atoms with Crippen LogP contribution in [0, 0.1) is 18.4 Å². The number of rotatable bonds is 3. The number of hydrogen-bond donors (Lipinski definition) is 0. The molecule has 0 N–H and O–H groups in total. The van der Waals surface area contributed by atoms with Crippen LogP contribution in [0.2, 0.25) is 19.6 Å². The summed E-state index contributed by atoms with van der Waals surface area (Å²) in [5.74, 6) is 3.26. The first kappa shape index (κ1) is 17.1. The average molecular weight is 329 g/mol. The van der Waals surface area contributed by atoms with Crippen LogP contribution in [0.1, 0.15) is 16.7 Å². The Balaban J connectivity index is 2.41. The molecule has 1 aromatic carbocycles. The van der Waals surface area contributed by atoms with Crippen LogP contribution in [0.25, 0.3) is 0 Å². The summed E-state index contributed by atoms with van der Waals surface area (Å²) in [6.45, 7) is 9.10. The number of methoxy groups -OCH3 is 1. The lowest BCUT2D eigenvalue weighted by Crippen LogP contribution is -2.23. The van der Waals surface area contributed by atoms with Crippen LogP contribution < -0.4 is 10.4 Å². The first-order chi connectivity index (χ1) is 10.7. The van der Waals surface area contributed by atoms with Crippen LogP contribution in [0.3, 0.4) is 0 Å². The van der Waals surface area contributed by atoms with Crippen molar-refractivity contribution < 1.29 is 4.74 Å². The number of ether oxygens (including phenoxy) is 1. The zero-order valence-corrected chi connectivity index (χ0v) is 15.6. The molecular formula is C17H23N3O2Si. The van der Waals surface area contributed by atoms with E-state index in [9.17, 15) is 4.79 Å². The topological polar surface area (TPSA) is 49.1 Å². The van der Waals surface area contributed by atoms with Crippen molar-refractivity contribution in [1.29, 1.82) is 0 Å². The third kappa shape index (κ3) is 4.14. The molecule has 0 aliphatic heterocycles. The molecule has 0 saturated carbocycles. The smallest absolute Gasteiger partial charge is 0.348 e. The zero-order valence-electron chi connectivity index (χ0n) is 14.6. The SMILES string of the molecule is COc1nn(C)c(=O)n1Cc1cc(C#C[Si](C)(C)C)ccc1C. The highest BCUT2D eigenvalue weighted by Gasteiger charge is 2.13. The maximum absolute atomic E-state index is 12.2. The Bertz CT molecular complexity index is 832. The monoisotopic (exact) mass is 329 g/mol. The third-order valence-electron chi connectivity index (χ3n) is 3.42. The second-order valence-electron chi connectivity index (χ2n) is 6.62. The molecular weight excluding hydrogens is 306 g/mol. The Morgan fingerprint density at radius 1 is 1.30 bits per heavy atom. The Morgan fingerprint density at radius 3 is 2.61 bits per heavy atom. The minimum Gasteiger partial charge on any atom is -0.467 e. The molecule has 0 radical (unpaired) electrons. The minimum atomic E-state index is -1.42. The average Bonchev–Trinajstić information content (AvgIpc) is 2.75. The molecule has 1 aromatic heterocycles. The summed E-state index contributed by atoms with van der Waals surface area (Å²) in [5, 5.41) is 4.07. The molecule has 122 valence electrons. The lowest BCUT2D eigenvalue weighted by atomic mass is 10.1. The van der Waals surface area contributed by atoms with E-state index in [4.69, 9.17) is 4.74 Å². The Hall–Kier alpha value is -2.26. The molecule has 0 amide bonds. The van der Waals surface area contributed by atoms with E-state index < -0.39 is 8.07 Å². The standard InChI is InChI=1S/C17H23N3O2Si/c1-13-7-8-14(9-10-23(4,5)6)11-15(13)12-20-16(22-3)18-19(2)17(20)21/h7-8,11H,12H2,1-6H3. The van der Waals surface area contributed by atoms with Crippen LogP contribution in [0.4, 0.5) is 0 Å². The van der Waals surface area contributed by atoms with Crippen LogP contribution in [-0.4, -0.2) is 29.5 Å². The Labute approximate surface area is 137 Å². The van der Waals surface area contributed by atoms with Gasteiger partial charge in [-0.25, -0.2) is 14.0 Å². The molecule has 2 rings (SSSR count). The molecule has 0 saturated heterocycles. The van der Waals surface area contributed by atoms with Gasteiger partial charge >= 0.3 is 11.7 Å². The summed E-state index contributed by atoms with van der Waals surface area (Å²) in [4.78, 5) is 12.2. The summed E-state index contributed by atoms with van der Waals surface area (Å²) >= 11 is 0. The molecule has 0 bridgehead atoms. The van der Waals surface area contributed by atoms with Gasteiger partial charge in [0, 0.05) is 12.6 Å². The summed E-state index contributed by atoms with van der Waals surface area (Å²) in [5.41, 5.74) is 6.30. The molecule has 2 aromatic rings. The maximum Gasteiger partial charge on any atom is 0.348 e. The van der Waals surface area contributed by atoms with E-state index >= 15 is 0 Å². The van der Waals surface area contributed by atoms with E-state index in [1.165, 1.54) is 16.4 Å². The zero-order chi connectivity index (χ0) is 17.2. The van der Waals surface area contributed by atoms with Gasteiger partial charge in [0.1, 0.15) is 8.07 Å². The second kappa shape index (κ2) is 6.47. The van der Waals surface area contributed by atoms with Crippen molar-refractivity contribution in [2.24, 2.45) is 7.05 Å². The minimum absolute atomic E-state index is 0.195. The molecule has 0 aliphatic carbocycles. The number of hydrogen-bond acceptors (Lipinski definition) is 3. The lowest BCUT2D eigenvalue weighted by molar-refractivity contribution is 0.357. The quantitative estimate of drug-likeness (QED) is 0.640. The number of benzene rings is 1. The normalized spacial score (nSPS) is 11.0. The molecule has 0 unspecified atom stereocenters. The number of nitrogens with zero attached hydrogens (tertiary/aromatic N) is 3. The van der Waals surface area contributed by atoms with E-state index in [-0.39, 0.29) is 5.69 Å². The van der Waals surface area contributed by atoms with E-state index in [1.807, 2.05) is 25.1 Å². The van der Waals surface area contributed by atoms with Gasteiger partial charge in [0.05, 0.1) is 13.7 Å². The van der Waals surface area contributed by atoms with Crippen molar-refractivity contribution in [3.05, 3.63) is 45.4 Å². The van der Waals surface area contributed by atoms with E-state index in [0.717, 1.165) is 16.7 Å². The Morgan fingerprint density at radius 2 is 2.00 bits per heavy atom. The molecule has 6 heteroatoms. The predicted octanol–water partition coefficient (Wildman–Crippen LogP) is 2.18. The number of aryl methyl sites for hydroxylation is 2. The molecule has 23 heavy (non-hydrogen) atoms. The van der Waals surface area contributed by atoms with Gasteiger partial charge in [0.2, 0.25) is 0 Å². The van der Waals surface area contributed by atoms with Gasteiger partial charge in [-0.3, -0.25) is 0 Å². The van der Waals surface area contributed by atoms with Crippen molar-refractivity contribution in [3.8, 4) is 17.5 Å². The highest BCUT2D eigenvalue weighted by Crippen LogP contribution is 2.14. The number of aromatic nitrogens is 3. The largest absolute Gasteiger partial charge is 0.467 e. The van der Waals surface area contributed by atoms with Crippen molar-refractivity contribution in [1.82, 2.24) is 14.3 Å². The van der Waals surface area contributed by atoms with Crippen molar-refractivity contribution >= 4 is 8.07 Å². The fourth-order valence-corrected chi connectivity index (χ4v) is 2.64. The molecule has 0 atom stereocenters. The van der Waals surface area contributed by atoms with Gasteiger partial charge in [-0.1, -0.05) is 31.6 Å². The van der Waals surface area contributed by atoms with Gasteiger partial charge in [0.15, 0.2) is 0 Å². The third-order valence-corrected chi connectivity index (χ3v) is 4.29. The van der Waals surface area contributed by atoms with Crippen molar-refractivity contribution in [3.63, 3.8) is 0 Å². The fourth-order valence-electron chi connectivity index (χ4n) is 2.12. The van der Waals surface area contributed by atoms with Crippen LogP contribution in [-0.2, 0) is 13.6 Å². The summed E-state index contributed by atoms with van der Waals surface area (Å²) < 4.78 is 8.00. The van der Waals surface area contributed by atoms with Crippen molar-refractivity contribution in [2.75, 3.05) is 7.11 Å². The summed E-state index contributed by atoms with van der Waals surface area (Å²) in [6, 6.07) is 6.42. The molecule has 1 heterocycles. The first-order valence-corrected chi connectivity index (χ1v) is 11.0. The molecule has 0 spiro atoms. The fraction of sp³-hybridized carbons (Fsp3) is 0.412. The highest BCUT2D eigenvalue weighted by molar-refractivity contribution is 6.83. The first-order valence-electron chi connectivity index (χ1n) is 7.52. The molecule has 0 fully saturated rings. The second-order valence-corrected chi connectivity index (χ2v) is 11.4. The van der Waals surface area contributed by atoms with Gasteiger partial charge in [0.25, 0.3) is 0 Å². The van der Waals surface area contributed by atoms with Gasteiger partial charge < -0.3 is 4.74 Å². The van der Waals surface area contributed by atoms with Crippen LogP contribution in [0.15, 0.2) is 23.0 Å². The highest BCUT2D eigenvalue weighted by atomic mass is 28.3. The van der Waals surface area contributed by atoms with Crippen LogP contribution in [0.5, 0.6) is 6.01 Å². The van der Waals surface area contributed by atoms with E-state index in [1.54, 1.807) is 7.05 Å². The van der Waals surface area contributed by atoms with E-state index in [2.05, 4.69) is 36.2 Å². The lowest BCUT2D eigenvalue weighted by Gasteiger charge is -2.09. The van der Waals surface area contributed by atoms with Crippen LogP contribution >= 0.6 is 0 Å². The van der Waals surface area contributed by atoms with Gasteiger partial charge in [-0.05, 0) is 30.2 Å². The Kier molecular flexibility index (Phi) is 4.81. The van der Waals surface area contributed by atoms with Crippen molar-refractivity contribution in [2.45, 2.75) is 33.1 Å². The van der Waals surface area contributed by atoms with E-state index in [0.29, 0.717) is 12.6 Å². The molecule has 0 aliphatic rings. The molecule has 5 nitrogen and oxygen atoms in total. The summed E-state index contributed by atoms with van der Waals surface area (Å²) in [6.07, 6.45) is 0.